The number of carbonyl (C=O) groups is 1. The van der Waals surface area contributed by atoms with Gasteiger partial charge in [-0.3, -0.25) is 19.8 Å². The second-order valence-electron chi connectivity index (χ2n) is 5.99. The molecule has 2 aromatic rings. The Morgan fingerprint density at radius 2 is 1.88 bits per heavy atom. The van der Waals surface area contributed by atoms with Gasteiger partial charge in [-0.05, 0) is 18.1 Å². The summed E-state index contributed by atoms with van der Waals surface area (Å²) in [6, 6.07) is 13.0. The largest absolute Gasteiger partial charge is 0.305 e. The van der Waals surface area contributed by atoms with Gasteiger partial charge in [0.2, 0.25) is 5.91 Å². The molecule has 130 valence electrons. The molecule has 0 bridgehead atoms. The summed E-state index contributed by atoms with van der Waals surface area (Å²) in [5, 5.41) is 11.2. The maximum atomic E-state index is 13.6. The lowest BCUT2D eigenvalue weighted by atomic mass is 10.2. The Bertz CT molecular complexity index is 782. The van der Waals surface area contributed by atoms with E-state index in [4.69, 9.17) is 0 Å². The number of amides is 1. The van der Waals surface area contributed by atoms with Gasteiger partial charge < -0.3 is 4.90 Å². The first-order valence-electron chi connectivity index (χ1n) is 8.05. The summed E-state index contributed by atoms with van der Waals surface area (Å²) in [5.74, 6) is -0.860. The van der Waals surface area contributed by atoms with Crippen LogP contribution in [-0.2, 0) is 11.3 Å². The maximum absolute atomic E-state index is 13.6. The molecule has 1 saturated heterocycles. The van der Waals surface area contributed by atoms with Crippen LogP contribution in [-0.4, -0.2) is 35.4 Å². The number of benzene rings is 2. The smallest absolute Gasteiger partial charge is 0.293 e. The minimum absolute atomic E-state index is 0.0246. The summed E-state index contributed by atoms with van der Waals surface area (Å²) < 4.78 is 13.6. The standard InChI is InChI=1S/C18H18FN3O3/c19-15-7-8-16(22(24)25)17(11-15)21-10-4-9-20(13-18(21)23)12-14-5-2-1-3-6-14/h1-3,5-8,11H,4,9-10,12-13H2. The highest BCUT2D eigenvalue weighted by atomic mass is 19.1. The van der Waals surface area contributed by atoms with Crippen LogP contribution in [0.4, 0.5) is 15.8 Å². The van der Waals surface area contributed by atoms with E-state index in [1.54, 1.807) is 0 Å². The minimum Gasteiger partial charge on any atom is -0.305 e. The summed E-state index contributed by atoms with van der Waals surface area (Å²) >= 11 is 0. The molecular weight excluding hydrogens is 325 g/mol. The van der Waals surface area contributed by atoms with Crippen LogP contribution in [0.2, 0.25) is 0 Å². The van der Waals surface area contributed by atoms with Crippen molar-refractivity contribution in [3.63, 3.8) is 0 Å². The summed E-state index contributed by atoms with van der Waals surface area (Å²) in [7, 11) is 0. The lowest BCUT2D eigenvalue weighted by Crippen LogP contribution is -2.36. The average molecular weight is 343 g/mol. The van der Waals surface area contributed by atoms with Gasteiger partial charge in [-0.2, -0.15) is 0 Å². The van der Waals surface area contributed by atoms with Gasteiger partial charge in [-0.25, -0.2) is 4.39 Å². The molecule has 1 amide bonds. The Kier molecular flexibility index (Phi) is 5.04. The van der Waals surface area contributed by atoms with Crippen LogP contribution in [0.25, 0.3) is 0 Å². The predicted molar refractivity (Wildman–Crippen MR) is 91.7 cm³/mol. The number of nitro benzene ring substituents is 1. The number of carbonyl (C=O) groups excluding carboxylic acids is 1. The van der Waals surface area contributed by atoms with E-state index in [2.05, 4.69) is 0 Å². The van der Waals surface area contributed by atoms with Crippen LogP contribution < -0.4 is 4.90 Å². The molecule has 6 nitrogen and oxygen atoms in total. The van der Waals surface area contributed by atoms with E-state index in [0.29, 0.717) is 26.1 Å². The Labute approximate surface area is 144 Å². The van der Waals surface area contributed by atoms with Gasteiger partial charge in [0.25, 0.3) is 5.69 Å². The fraction of sp³-hybridized carbons (Fsp3) is 0.278. The van der Waals surface area contributed by atoms with Crippen molar-refractivity contribution < 1.29 is 14.1 Å². The molecule has 0 aromatic heterocycles. The molecule has 1 aliphatic heterocycles. The van der Waals surface area contributed by atoms with Crippen LogP contribution >= 0.6 is 0 Å². The van der Waals surface area contributed by atoms with Crippen molar-refractivity contribution >= 4 is 17.3 Å². The van der Waals surface area contributed by atoms with Gasteiger partial charge >= 0.3 is 0 Å². The molecule has 2 aromatic carbocycles. The molecule has 0 N–H and O–H groups in total. The fourth-order valence-electron chi connectivity index (χ4n) is 3.03. The summed E-state index contributed by atoms with van der Waals surface area (Å²) in [6.07, 6.45) is 0.659. The van der Waals surface area contributed by atoms with Crippen molar-refractivity contribution in [2.24, 2.45) is 0 Å². The summed E-state index contributed by atoms with van der Waals surface area (Å²) in [4.78, 5) is 26.6. The first-order valence-corrected chi connectivity index (χ1v) is 8.05. The molecule has 1 aliphatic rings. The number of nitro groups is 1. The first-order chi connectivity index (χ1) is 12.0. The second-order valence-corrected chi connectivity index (χ2v) is 5.99. The van der Waals surface area contributed by atoms with Crippen LogP contribution in [0.5, 0.6) is 0 Å². The minimum atomic E-state index is -0.598. The molecule has 1 heterocycles. The zero-order valence-corrected chi connectivity index (χ0v) is 13.6. The van der Waals surface area contributed by atoms with Gasteiger partial charge in [-0.1, -0.05) is 30.3 Å². The van der Waals surface area contributed by atoms with Crippen molar-refractivity contribution in [2.45, 2.75) is 13.0 Å². The number of hydrogen-bond acceptors (Lipinski definition) is 4. The van der Waals surface area contributed by atoms with Crippen molar-refractivity contribution in [1.82, 2.24) is 4.90 Å². The Balaban J connectivity index is 1.80. The van der Waals surface area contributed by atoms with E-state index in [1.165, 1.54) is 4.90 Å². The SMILES string of the molecule is O=C1CN(Cc2ccccc2)CCCN1c1cc(F)ccc1[N+](=O)[O-]. The number of hydrogen-bond donors (Lipinski definition) is 0. The summed E-state index contributed by atoms with van der Waals surface area (Å²) in [6.45, 7) is 1.79. The number of anilines is 1. The number of rotatable bonds is 4. The highest BCUT2D eigenvalue weighted by Gasteiger charge is 2.28. The van der Waals surface area contributed by atoms with Crippen LogP contribution in [0.1, 0.15) is 12.0 Å². The third kappa shape index (κ3) is 4.00. The van der Waals surface area contributed by atoms with Crippen molar-refractivity contribution in [3.05, 3.63) is 70.0 Å². The van der Waals surface area contributed by atoms with E-state index in [0.717, 1.165) is 23.8 Å². The molecule has 0 atom stereocenters. The molecule has 25 heavy (non-hydrogen) atoms. The molecule has 0 spiro atoms. The molecule has 0 aliphatic carbocycles. The lowest BCUT2D eigenvalue weighted by molar-refractivity contribution is -0.384. The molecular formula is C18H18FN3O3. The molecule has 0 radical (unpaired) electrons. The predicted octanol–water partition coefficient (Wildman–Crippen LogP) is 2.97. The average Bonchev–Trinajstić information content (AvgIpc) is 2.76. The maximum Gasteiger partial charge on any atom is 0.293 e. The highest BCUT2D eigenvalue weighted by Crippen LogP contribution is 2.30. The third-order valence-electron chi connectivity index (χ3n) is 4.19. The molecule has 1 fully saturated rings. The molecule has 0 saturated carbocycles. The third-order valence-corrected chi connectivity index (χ3v) is 4.19. The number of halogens is 1. The van der Waals surface area contributed by atoms with E-state index >= 15 is 0 Å². The van der Waals surface area contributed by atoms with E-state index < -0.39 is 10.7 Å². The van der Waals surface area contributed by atoms with Gasteiger partial charge in [0, 0.05) is 31.8 Å². The number of nitrogens with zero attached hydrogens (tertiary/aromatic N) is 3. The lowest BCUT2D eigenvalue weighted by Gasteiger charge is -2.21. The zero-order chi connectivity index (χ0) is 17.8. The molecule has 3 rings (SSSR count). The van der Waals surface area contributed by atoms with E-state index in [-0.39, 0.29) is 23.8 Å². The topological polar surface area (TPSA) is 66.7 Å². The Morgan fingerprint density at radius 1 is 1.12 bits per heavy atom. The fourth-order valence-corrected chi connectivity index (χ4v) is 3.03. The zero-order valence-electron chi connectivity index (χ0n) is 13.6. The van der Waals surface area contributed by atoms with E-state index in [9.17, 15) is 19.3 Å². The molecule has 0 unspecified atom stereocenters. The van der Waals surface area contributed by atoms with Gasteiger partial charge in [0.05, 0.1) is 11.5 Å². The van der Waals surface area contributed by atoms with E-state index in [1.807, 2.05) is 35.2 Å². The summed E-state index contributed by atoms with van der Waals surface area (Å²) in [5.41, 5.74) is 0.864. The molecule has 7 heteroatoms. The quantitative estimate of drug-likeness (QED) is 0.632. The van der Waals surface area contributed by atoms with Gasteiger partial charge in [0.1, 0.15) is 11.5 Å². The monoisotopic (exact) mass is 343 g/mol. The van der Waals surface area contributed by atoms with Crippen molar-refractivity contribution in [2.75, 3.05) is 24.5 Å². The van der Waals surface area contributed by atoms with Crippen LogP contribution in [0, 0.1) is 15.9 Å². The van der Waals surface area contributed by atoms with Crippen molar-refractivity contribution in [3.8, 4) is 0 Å². The Hall–Kier alpha value is -2.80. The first kappa shape index (κ1) is 17.0. The highest BCUT2D eigenvalue weighted by molar-refractivity contribution is 5.97. The second kappa shape index (κ2) is 7.40. The van der Waals surface area contributed by atoms with Gasteiger partial charge in [0.15, 0.2) is 0 Å². The van der Waals surface area contributed by atoms with Crippen molar-refractivity contribution in [1.29, 1.82) is 0 Å². The van der Waals surface area contributed by atoms with Crippen LogP contribution in [0.15, 0.2) is 48.5 Å². The Morgan fingerprint density at radius 3 is 2.60 bits per heavy atom. The normalized spacial score (nSPS) is 15.9. The van der Waals surface area contributed by atoms with Gasteiger partial charge in [-0.15, -0.1) is 0 Å². The van der Waals surface area contributed by atoms with Crippen LogP contribution in [0.3, 0.4) is 0 Å².